The molecule has 0 saturated heterocycles. The fourth-order valence-electron chi connectivity index (χ4n) is 2.27. The summed E-state index contributed by atoms with van der Waals surface area (Å²) >= 11 is 3.39. The molecule has 0 bridgehead atoms. The number of halogens is 1. The molecule has 0 amide bonds. The summed E-state index contributed by atoms with van der Waals surface area (Å²) < 4.78 is 2.32. The first kappa shape index (κ1) is 13.9. The molecule has 5 nitrogen and oxygen atoms in total. The summed E-state index contributed by atoms with van der Waals surface area (Å²) in [5.41, 5.74) is 1.63. The van der Waals surface area contributed by atoms with E-state index in [0.29, 0.717) is 11.2 Å². The van der Waals surface area contributed by atoms with Crippen LogP contribution in [-0.2, 0) is 6.54 Å². The second-order valence-corrected chi connectivity index (χ2v) is 5.82. The number of benzene rings is 1. The van der Waals surface area contributed by atoms with Gasteiger partial charge >= 0.3 is 0 Å². The summed E-state index contributed by atoms with van der Waals surface area (Å²) in [6.07, 6.45) is 1.68. The summed E-state index contributed by atoms with van der Waals surface area (Å²) in [5, 5.41) is 5.65. The van der Waals surface area contributed by atoms with Gasteiger partial charge in [0.15, 0.2) is 0 Å². The minimum Gasteiger partial charge on any atom is -0.267 e. The van der Waals surface area contributed by atoms with Gasteiger partial charge < -0.3 is 0 Å². The van der Waals surface area contributed by atoms with Gasteiger partial charge in [0.1, 0.15) is 12.4 Å². The fraction of sp³-hybridized carbons (Fsp3) is 0.200. The molecule has 2 aromatic heterocycles. The Bertz CT molecular complexity index is 868. The number of fused-ring (bicyclic) bond motifs is 1. The number of aryl methyl sites for hydroxylation is 2. The fourth-order valence-corrected chi connectivity index (χ4v) is 2.65. The molecule has 1 aromatic carbocycles. The van der Waals surface area contributed by atoms with E-state index in [4.69, 9.17) is 0 Å². The number of hydrogen-bond donors (Lipinski definition) is 0. The van der Waals surface area contributed by atoms with E-state index >= 15 is 0 Å². The molecule has 0 aliphatic heterocycles. The quantitative estimate of drug-likeness (QED) is 0.716. The summed E-state index contributed by atoms with van der Waals surface area (Å²) in [7, 11) is 0. The van der Waals surface area contributed by atoms with E-state index < -0.39 is 0 Å². The summed E-state index contributed by atoms with van der Waals surface area (Å²) in [4.78, 5) is 21.1. The molecule has 6 heteroatoms. The summed E-state index contributed by atoms with van der Waals surface area (Å²) in [6.45, 7) is 4.09. The Hall–Kier alpha value is -2.08. The molecular weight excluding hydrogens is 332 g/mol. The van der Waals surface area contributed by atoms with Gasteiger partial charge in [-0.3, -0.25) is 4.79 Å². The maximum atomic E-state index is 12.4. The zero-order valence-corrected chi connectivity index (χ0v) is 13.3. The van der Waals surface area contributed by atoms with Gasteiger partial charge in [-0.05, 0) is 38.1 Å². The SMILES string of the molecule is Cc1cc(C)nc(Cn2ncc3cc(Br)ccc3c2=O)n1. The van der Waals surface area contributed by atoms with E-state index in [1.54, 1.807) is 12.3 Å². The topological polar surface area (TPSA) is 60.7 Å². The van der Waals surface area contributed by atoms with Gasteiger partial charge in [-0.15, -0.1) is 0 Å². The van der Waals surface area contributed by atoms with Gasteiger partial charge in [-0.25, -0.2) is 14.6 Å². The lowest BCUT2D eigenvalue weighted by molar-refractivity contribution is 0.618. The Morgan fingerprint density at radius 2 is 1.86 bits per heavy atom. The molecule has 0 unspecified atom stereocenters. The third kappa shape index (κ3) is 2.85. The van der Waals surface area contributed by atoms with Gasteiger partial charge in [0.25, 0.3) is 5.56 Å². The Balaban J connectivity index is 2.07. The van der Waals surface area contributed by atoms with Crippen molar-refractivity contribution < 1.29 is 0 Å². The lowest BCUT2D eigenvalue weighted by Gasteiger charge is -2.07. The van der Waals surface area contributed by atoms with Crippen LogP contribution in [0, 0.1) is 13.8 Å². The minimum absolute atomic E-state index is 0.136. The van der Waals surface area contributed by atoms with Crippen LogP contribution >= 0.6 is 15.9 Å². The first-order valence-corrected chi connectivity index (χ1v) is 7.29. The first-order chi connectivity index (χ1) is 10.0. The number of hydrogen-bond acceptors (Lipinski definition) is 4. The van der Waals surface area contributed by atoms with E-state index in [9.17, 15) is 4.79 Å². The van der Waals surface area contributed by atoms with Gasteiger partial charge in [0.05, 0.1) is 11.6 Å². The third-order valence-corrected chi connectivity index (χ3v) is 3.63. The molecule has 0 atom stereocenters. The van der Waals surface area contributed by atoms with Crippen LogP contribution < -0.4 is 5.56 Å². The van der Waals surface area contributed by atoms with Gasteiger partial charge in [-0.2, -0.15) is 5.10 Å². The number of nitrogens with zero attached hydrogens (tertiary/aromatic N) is 4. The largest absolute Gasteiger partial charge is 0.275 e. The molecule has 106 valence electrons. The zero-order chi connectivity index (χ0) is 15.0. The van der Waals surface area contributed by atoms with E-state index in [-0.39, 0.29) is 12.1 Å². The summed E-state index contributed by atoms with van der Waals surface area (Å²) in [6, 6.07) is 7.42. The van der Waals surface area contributed by atoms with Crippen molar-refractivity contribution in [3.63, 3.8) is 0 Å². The van der Waals surface area contributed by atoms with Crippen molar-refractivity contribution in [2.24, 2.45) is 0 Å². The minimum atomic E-state index is -0.136. The molecule has 21 heavy (non-hydrogen) atoms. The number of rotatable bonds is 2. The highest BCUT2D eigenvalue weighted by atomic mass is 79.9. The highest BCUT2D eigenvalue weighted by molar-refractivity contribution is 9.10. The van der Waals surface area contributed by atoms with Gasteiger partial charge in [-0.1, -0.05) is 15.9 Å². The molecule has 3 rings (SSSR count). The van der Waals surface area contributed by atoms with Crippen LogP contribution in [0.5, 0.6) is 0 Å². The molecule has 0 aliphatic rings. The second-order valence-electron chi connectivity index (χ2n) is 4.91. The molecule has 0 spiro atoms. The van der Waals surface area contributed by atoms with Crippen molar-refractivity contribution >= 4 is 26.7 Å². The van der Waals surface area contributed by atoms with Gasteiger partial charge in [0, 0.05) is 21.2 Å². The van der Waals surface area contributed by atoms with E-state index in [2.05, 4.69) is 31.0 Å². The predicted octanol–water partition coefficient (Wildman–Crippen LogP) is 2.61. The van der Waals surface area contributed by atoms with Crippen LogP contribution in [0.4, 0.5) is 0 Å². The average molecular weight is 345 g/mol. The molecule has 0 N–H and O–H groups in total. The molecule has 0 fully saturated rings. The molecule has 2 heterocycles. The van der Waals surface area contributed by atoms with Crippen LogP contribution in [0.3, 0.4) is 0 Å². The van der Waals surface area contributed by atoms with Crippen LogP contribution in [0.25, 0.3) is 10.8 Å². The normalized spacial score (nSPS) is 11.0. The van der Waals surface area contributed by atoms with Crippen LogP contribution in [0.15, 0.2) is 39.7 Å². The molecule has 3 aromatic rings. The smallest absolute Gasteiger partial charge is 0.267 e. The van der Waals surface area contributed by atoms with Crippen LogP contribution in [0.2, 0.25) is 0 Å². The Labute approximate surface area is 129 Å². The highest BCUT2D eigenvalue weighted by Gasteiger charge is 2.07. The predicted molar refractivity (Wildman–Crippen MR) is 84.3 cm³/mol. The molecule has 0 aliphatic carbocycles. The summed E-state index contributed by atoms with van der Waals surface area (Å²) in [5.74, 6) is 0.596. The van der Waals surface area contributed by atoms with Crippen molar-refractivity contribution in [3.05, 3.63) is 62.5 Å². The third-order valence-electron chi connectivity index (χ3n) is 3.13. The highest BCUT2D eigenvalue weighted by Crippen LogP contribution is 2.16. The standard InChI is InChI=1S/C15H13BrN4O/c1-9-5-10(2)19-14(18-9)8-20-15(21)13-4-3-12(16)6-11(13)7-17-20/h3-7H,8H2,1-2H3. The number of aromatic nitrogens is 4. The van der Waals surface area contributed by atoms with Crippen molar-refractivity contribution in [2.45, 2.75) is 20.4 Å². The molecule has 0 saturated carbocycles. The van der Waals surface area contributed by atoms with Crippen molar-refractivity contribution in [1.82, 2.24) is 19.7 Å². The van der Waals surface area contributed by atoms with Crippen molar-refractivity contribution in [2.75, 3.05) is 0 Å². The van der Waals surface area contributed by atoms with Crippen molar-refractivity contribution in [1.29, 1.82) is 0 Å². The molecular formula is C15H13BrN4O. The Kier molecular flexibility index (Phi) is 3.55. The first-order valence-electron chi connectivity index (χ1n) is 6.49. The maximum Gasteiger partial charge on any atom is 0.275 e. The maximum absolute atomic E-state index is 12.4. The van der Waals surface area contributed by atoms with Crippen molar-refractivity contribution in [3.8, 4) is 0 Å². The second kappa shape index (κ2) is 5.37. The van der Waals surface area contributed by atoms with E-state index in [0.717, 1.165) is 21.2 Å². The lowest BCUT2D eigenvalue weighted by Crippen LogP contribution is -2.24. The zero-order valence-electron chi connectivity index (χ0n) is 11.7. The van der Waals surface area contributed by atoms with Crippen LogP contribution in [-0.4, -0.2) is 19.7 Å². The molecule has 0 radical (unpaired) electrons. The monoisotopic (exact) mass is 344 g/mol. The Morgan fingerprint density at radius 3 is 2.57 bits per heavy atom. The van der Waals surface area contributed by atoms with Gasteiger partial charge in [0.2, 0.25) is 0 Å². The van der Waals surface area contributed by atoms with E-state index in [1.165, 1.54) is 4.68 Å². The Morgan fingerprint density at radius 1 is 1.14 bits per heavy atom. The van der Waals surface area contributed by atoms with E-state index in [1.807, 2.05) is 32.0 Å². The lowest BCUT2D eigenvalue weighted by atomic mass is 10.2. The van der Waals surface area contributed by atoms with Crippen LogP contribution in [0.1, 0.15) is 17.2 Å². The average Bonchev–Trinajstić information content (AvgIpc) is 2.41.